The van der Waals surface area contributed by atoms with E-state index in [9.17, 15) is 24.5 Å². The Kier molecular flexibility index (Phi) is 4.49. The topological polar surface area (TPSA) is 110 Å². The van der Waals surface area contributed by atoms with Crippen molar-refractivity contribution in [3.8, 4) is 0 Å². The van der Waals surface area contributed by atoms with E-state index in [1.165, 1.54) is 31.2 Å². The Bertz CT molecular complexity index is 937. The number of imide groups is 1. The van der Waals surface area contributed by atoms with E-state index in [-0.39, 0.29) is 18.0 Å². The van der Waals surface area contributed by atoms with Crippen molar-refractivity contribution in [3.63, 3.8) is 0 Å². The Hall–Kier alpha value is -3.55. The second kappa shape index (κ2) is 6.64. The summed E-state index contributed by atoms with van der Waals surface area (Å²) >= 11 is 0. The number of carbonyl (C=O) groups excluding carboxylic acids is 3. The molecule has 0 aromatic heterocycles. The summed E-state index contributed by atoms with van der Waals surface area (Å²) < 4.78 is 0. The molecule has 3 amide bonds. The van der Waals surface area contributed by atoms with Gasteiger partial charge in [0.05, 0.1) is 11.5 Å². The van der Waals surface area contributed by atoms with E-state index in [1.807, 2.05) is 6.92 Å². The smallest absolute Gasteiger partial charge is 0.319 e. The number of hydrogen-bond donors (Lipinski definition) is 1. The number of carbonyl (C=O) groups is 3. The predicted octanol–water partition coefficient (Wildman–Crippen LogP) is 2.55. The number of nitro groups is 1. The highest BCUT2D eigenvalue weighted by Gasteiger charge is 2.49. The quantitative estimate of drug-likeness (QED) is 0.378. The molecule has 1 aliphatic rings. The van der Waals surface area contributed by atoms with Crippen LogP contribution in [0.5, 0.6) is 0 Å². The van der Waals surface area contributed by atoms with Crippen LogP contribution in [0.15, 0.2) is 48.5 Å². The van der Waals surface area contributed by atoms with Gasteiger partial charge in [-0.2, -0.15) is 0 Å². The molecule has 0 radical (unpaired) electrons. The van der Waals surface area contributed by atoms with Gasteiger partial charge in [-0.15, -0.1) is 0 Å². The van der Waals surface area contributed by atoms with Gasteiger partial charge in [0.15, 0.2) is 5.78 Å². The molecular formula is C19H17N3O5. The Morgan fingerprint density at radius 2 is 1.70 bits per heavy atom. The molecular weight excluding hydrogens is 350 g/mol. The molecule has 2 aromatic carbocycles. The van der Waals surface area contributed by atoms with Crippen molar-refractivity contribution in [1.29, 1.82) is 0 Å². The average Bonchev–Trinajstić information content (AvgIpc) is 2.86. The molecule has 8 nitrogen and oxygen atoms in total. The molecule has 1 fully saturated rings. The minimum absolute atomic E-state index is 0.120. The maximum Gasteiger partial charge on any atom is 0.325 e. The Morgan fingerprint density at radius 1 is 1.11 bits per heavy atom. The van der Waals surface area contributed by atoms with Gasteiger partial charge in [0.2, 0.25) is 0 Å². The SMILES string of the molecule is Cc1ccc(C(=O)CN2C(=O)NC(C)(c3ccc([N+](=O)[O-])cc3)C2=O)cc1. The van der Waals surface area contributed by atoms with E-state index in [1.54, 1.807) is 24.3 Å². The molecule has 1 unspecified atom stereocenters. The molecule has 1 saturated heterocycles. The van der Waals surface area contributed by atoms with Crippen LogP contribution in [0.4, 0.5) is 10.5 Å². The first kappa shape index (κ1) is 18.2. The molecule has 1 heterocycles. The molecule has 1 atom stereocenters. The first-order valence-corrected chi connectivity index (χ1v) is 8.21. The predicted molar refractivity (Wildman–Crippen MR) is 96.2 cm³/mol. The van der Waals surface area contributed by atoms with Crippen LogP contribution in [0, 0.1) is 17.0 Å². The molecule has 138 valence electrons. The first-order valence-electron chi connectivity index (χ1n) is 8.21. The van der Waals surface area contributed by atoms with Gasteiger partial charge in [-0.1, -0.05) is 29.8 Å². The van der Waals surface area contributed by atoms with Crippen LogP contribution in [0.2, 0.25) is 0 Å². The van der Waals surface area contributed by atoms with Gasteiger partial charge >= 0.3 is 6.03 Å². The minimum atomic E-state index is -1.39. The maximum absolute atomic E-state index is 12.8. The summed E-state index contributed by atoms with van der Waals surface area (Å²) in [4.78, 5) is 48.7. The Morgan fingerprint density at radius 3 is 2.26 bits per heavy atom. The maximum atomic E-state index is 12.8. The number of nitro benzene ring substituents is 1. The number of ketones is 1. The number of amides is 3. The number of nitrogens with zero attached hydrogens (tertiary/aromatic N) is 2. The number of Topliss-reactive ketones (excluding diaryl/α,β-unsaturated/α-hetero) is 1. The number of nitrogens with one attached hydrogen (secondary N) is 1. The Balaban J connectivity index is 1.82. The van der Waals surface area contributed by atoms with Crippen molar-refractivity contribution >= 4 is 23.4 Å². The van der Waals surface area contributed by atoms with Crippen LogP contribution in [-0.4, -0.2) is 34.1 Å². The number of benzene rings is 2. The van der Waals surface area contributed by atoms with Crippen LogP contribution in [-0.2, 0) is 10.3 Å². The van der Waals surface area contributed by atoms with Crippen molar-refractivity contribution in [2.75, 3.05) is 6.54 Å². The van der Waals surface area contributed by atoms with Crippen LogP contribution < -0.4 is 5.32 Å². The first-order chi connectivity index (χ1) is 12.7. The highest BCUT2D eigenvalue weighted by atomic mass is 16.6. The second-order valence-electron chi connectivity index (χ2n) is 6.54. The van der Waals surface area contributed by atoms with Gasteiger partial charge in [0.25, 0.3) is 11.6 Å². The highest BCUT2D eigenvalue weighted by molar-refractivity contribution is 6.11. The molecule has 1 aliphatic heterocycles. The second-order valence-corrected chi connectivity index (χ2v) is 6.54. The summed E-state index contributed by atoms with van der Waals surface area (Å²) in [6.45, 7) is 3.02. The molecule has 3 rings (SSSR count). The summed E-state index contributed by atoms with van der Waals surface area (Å²) in [7, 11) is 0. The Labute approximate surface area is 154 Å². The molecule has 0 aliphatic carbocycles. The summed E-state index contributed by atoms with van der Waals surface area (Å²) in [5, 5.41) is 13.4. The summed E-state index contributed by atoms with van der Waals surface area (Å²) in [5.74, 6) is -0.937. The van der Waals surface area contributed by atoms with E-state index < -0.39 is 22.4 Å². The van der Waals surface area contributed by atoms with Gasteiger partial charge in [0.1, 0.15) is 5.54 Å². The van der Waals surface area contributed by atoms with Crippen molar-refractivity contribution in [3.05, 3.63) is 75.3 Å². The fraction of sp³-hybridized carbons (Fsp3) is 0.211. The fourth-order valence-electron chi connectivity index (χ4n) is 2.93. The normalized spacial score (nSPS) is 19.1. The van der Waals surface area contributed by atoms with Gasteiger partial charge < -0.3 is 5.32 Å². The molecule has 1 N–H and O–H groups in total. The van der Waals surface area contributed by atoms with Crippen LogP contribution in [0.3, 0.4) is 0 Å². The number of non-ortho nitro benzene ring substituents is 1. The summed E-state index contributed by atoms with van der Waals surface area (Å²) in [5.41, 5.74) is 0.291. The van der Waals surface area contributed by atoms with E-state index in [0.29, 0.717) is 11.1 Å². The lowest BCUT2D eigenvalue weighted by Gasteiger charge is -2.22. The average molecular weight is 367 g/mol. The fourth-order valence-corrected chi connectivity index (χ4v) is 2.93. The van der Waals surface area contributed by atoms with Gasteiger partial charge in [0, 0.05) is 17.7 Å². The zero-order valence-corrected chi connectivity index (χ0v) is 14.8. The third-order valence-corrected chi connectivity index (χ3v) is 4.61. The monoisotopic (exact) mass is 367 g/mol. The zero-order chi connectivity index (χ0) is 19.8. The lowest BCUT2D eigenvalue weighted by Crippen LogP contribution is -2.41. The summed E-state index contributed by atoms with van der Waals surface area (Å²) in [6, 6.07) is 11.5. The lowest BCUT2D eigenvalue weighted by molar-refractivity contribution is -0.384. The number of rotatable bonds is 5. The summed E-state index contributed by atoms with van der Waals surface area (Å²) in [6.07, 6.45) is 0. The molecule has 27 heavy (non-hydrogen) atoms. The third kappa shape index (κ3) is 3.29. The largest absolute Gasteiger partial charge is 0.325 e. The molecule has 8 heteroatoms. The number of urea groups is 1. The van der Waals surface area contributed by atoms with Crippen LogP contribution >= 0.6 is 0 Å². The van der Waals surface area contributed by atoms with E-state index >= 15 is 0 Å². The highest BCUT2D eigenvalue weighted by Crippen LogP contribution is 2.30. The van der Waals surface area contributed by atoms with Crippen LogP contribution in [0.1, 0.15) is 28.4 Å². The number of aryl methyl sites for hydroxylation is 1. The van der Waals surface area contributed by atoms with E-state index in [4.69, 9.17) is 0 Å². The molecule has 0 spiro atoms. The van der Waals surface area contributed by atoms with Crippen LogP contribution in [0.25, 0.3) is 0 Å². The van der Waals surface area contributed by atoms with E-state index in [2.05, 4.69) is 5.32 Å². The van der Waals surface area contributed by atoms with Crippen molar-refractivity contribution in [2.24, 2.45) is 0 Å². The third-order valence-electron chi connectivity index (χ3n) is 4.61. The van der Waals surface area contributed by atoms with Crippen molar-refractivity contribution < 1.29 is 19.3 Å². The lowest BCUT2D eigenvalue weighted by atomic mass is 9.92. The molecule has 0 saturated carbocycles. The van der Waals surface area contributed by atoms with Crippen molar-refractivity contribution in [2.45, 2.75) is 19.4 Å². The molecule has 0 bridgehead atoms. The molecule has 2 aromatic rings. The minimum Gasteiger partial charge on any atom is -0.319 e. The van der Waals surface area contributed by atoms with Gasteiger partial charge in [-0.05, 0) is 31.5 Å². The van der Waals surface area contributed by atoms with Crippen molar-refractivity contribution in [1.82, 2.24) is 10.2 Å². The van der Waals surface area contributed by atoms with Gasteiger partial charge in [-0.25, -0.2) is 4.79 Å². The van der Waals surface area contributed by atoms with E-state index in [0.717, 1.165) is 10.5 Å². The zero-order valence-electron chi connectivity index (χ0n) is 14.8. The number of hydrogen-bond acceptors (Lipinski definition) is 5. The standard InChI is InChI=1S/C19H17N3O5/c1-12-3-5-13(6-4-12)16(23)11-21-17(24)19(2,20-18(21)25)14-7-9-15(10-8-14)22(26)27/h3-10H,11H2,1-2H3,(H,20,25). The van der Waals surface area contributed by atoms with Gasteiger partial charge in [-0.3, -0.25) is 24.6 Å².